The minimum atomic E-state index is -0.519. The Bertz CT molecular complexity index is 301. The van der Waals surface area contributed by atoms with E-state index in [1.54, 1.807) is 13.2 Å². The van der Waals surface area contributed by atoms with Gasteiger partial charge in [0, 0.05) is 12.0 Å². The van der Waals surface area contributed by atoms with Crippen LogP contribution in [0.1, 0.15) is 30.8 Å². The minimum absolute atomic E-state index is 0.468. The number of aliphatic hydroxyl groups excluding tert-OH is 1. The van der Waals surface area contributed by atoms with Crippen LogP contribution < -0.4 is 0 Å². The van der Waals surface area contributed by atoms with E-state index in [1.807, 2.05) is 13.0 Å². The first kappa shape index (κ1) is 8.89. The highest BCUT2D eigenvalue weighted by Crippen LogP contribution is 2.18. The summed E-state index contributed by atoms with van der Waals surface area (Å²) in [5.74, 6) is 6.36. The lowest BCUT2D eigenvalue weighted by atomic mass is 10.1. The molecule has 2 nitrogen and oxygen atoms in total. The quantitative estimate of drug-likeness (QED) is 0.678. The van der Waals surface area contributed by atoms with Crippen molar-refractivity contribution in [3.8, 4) is 11.8 Å². The van der Waals surface area contributed by atoms with Crippen LogP contribution >= 0.6 is 0 Å². The molecule has 1 heterocycles. The number of rotatable bonds is 2. The highest BCUT2D eigenvalue weighted by Gasteiger charge is 2.07. The Morgan fingerprint density at radius 2 is 2.42 bits per heavy atom. The molecular formula is C10H12O2. The van der Waals surface area contributed by atoms with E-state index in [1.165, 1.54) is 0 Å². The Morgan fingerprint density at radius 1 is 1.67 bits per heavy atom. The molecular weight excluding hydrogens is 152 g/mol. The molecule has 1 N–H and O–H groups in total. The van der Waals surface area contributed by atoms with Gasteiger partial charge >= 0.3 is 0 Å². The molecule has 64 valence electrons. The zero-order valence-electron chi connectivity index (χ0n) is 7.29. The van der Waals surface area contributed by atoms with Gasteiger partial charge in [0.1, 0.15) is 5.76 Å². The van der Waals surface area contributed by atoms with Gasteiger partial charge in [0.25, 0.3) is 0 Å². The van der Waals surface area contributed by atoms with Crippen molar-refractivity contribution in [2.75, 3.05) is 0 Å². The Hall–Kier alpha value is -1.20. The fourth-order valence-electron chi connectivity index (χ4n) is 0.955. The second kappa shape index (κ2) is 3.99. The molecule has 0 bridgehead atoms. The second-order valence-electron chi connectivity index (χ2n) is 2.64. The molecule has 1 unspecified atom stereocenters. The molecule has 1 aromatic heterocycles. The third-order valence-electron chi connectivity index (χ3n) is 1.61. The summed E-state index contributed by atoms with van der Waals surface area (Å²) in [5, 5.41) is 9.50. The molecule has 1 atom stereocenters. The molecule has 0 saturated heterocycles. The summed E-state index contributed by atoms with van der Waals surface area (Å²) in [4.78, 5) is 0. The smallest absolute Gasteiger partial charge is 0.101 e. The molecule has 1 rings (SSSR count). The molecule has 0 aliphatic rings. The maximum Gasteiger partial charge on any atom is 0.101 e. The first-order valence-electron chi connectivity index (χ1n) is 3.86. The van der Waals surface area contributed by atoms with E-state index in [0.717, 1.165) is 11.3 Å². The van der Waals surface area contributed by atoms with E-state index in [0.29, 0.717) is 6.42 Å². The van der Waals surface area contributed by atoms with Crippen LogP contribution in [0.3, 0.4) is 0 Å². The largest absolute Gasteiger partial charge is 0.469 e. The highest BCUT2D eigenvalue weighted by molar-refractivity contribution is 5.16. The van der Waals surface area contributed by atoms with Crippen molar-refractivity contribution in [2.45, 2.75) is 26.4 Å². The Kier molecular flexibility index (Phi) is 2.95. The summed E-state index contributed by atoms with van der Waals surface area (Å²) in [5.41, 5.74) is 0.801. The third-order valence-corrected chi connectivity index (χ3v) is 1.61. The average molecular weight is 164 g/mol. The maximum atomic E-state index is 9.50. The van der Waals surface area contributed by atoms with E-state index in [2.05, 4.69) is 11.8 Å². The lowest BCUT2D eigenvalue weighted by molar-refractivity contribution is 0.183. The number of aryl methyl sites for hydroxylation is 1. The Labute approximate surface area is 72.2 Å². The van der Waals surface area contributed by atoms with Crippen LogP contribution in [-0.4, -0.2) is 5.11 Å². The van der Waals surface area contributed by atoms with Gasteiger partial charge in [0.2, 0.25) is 0 Å². The topological polar surface area (TPSA) is 33.4 Å². The van der Waals surface area contributed by atoms with E-state index < -0.39 is 6.10 Å². The Morgan fingerprint density at radius 3 is 2.92 bits per heavy atom. The predicted octanol–water partition coefficient (Wildman–Crippen LogP) is 2.03. The van der Waals surface area contributed by atoms with Gasteiger partial charge in [-0.05, 0) is 19.9 Å². The summed E-state index contributed by atoms with van der Waals surface area (Å²) < 4.78 is 5.06. The van der Waals surface area contributed by atoms with Crippen molar-refractivity contribution < 1.29 is 9.52 Å². The van der Waals surface area contributed by atoms with Gasteiger partial charge in [-0.3, -0.25) is 0 Å². The van der Waals surface area contributed by atoms with Crippen molar-refractivity contribution in [3.63, 3.8) is 0 Å². The monoisotopic (exact) mass is 164 g/mol. The first-order chi connectivity index (χ1) is 5.74. The molecule has 0 aliphatic carbocycles. The van der Waals surface area contributed by atoms with Crippen molar-refractivity contribution in [3.05, 3.63) is 23.7 Å². The molecule has 1 aromatic rings. The lowest BCUT2D eigenvalue weighted by Crippen LogP contribution is -1.92. The maximum absolute atomic E-state index is 9.50. The van der Waals surface area contributed by atoms with E-state index >= 15 is 0 Å². The predicted molar refractivity (Wildman–Crippen MR) is 46.5 cm³/mol. The number of hydrogen-bond donors (Lipinski definition) is 1. The van der Waals surface area contributed by atoms with Gasteiger partial charge in [-0.2, -0.15) is 0 Å². The molecule has 0 saturated carbocycles. The summed E-state index contributed by atoms with van der Waals surface area (Å²) in [6, 6.07) is 1.82. The fourth-order valence-corrected chi connectivity index (χ4v) is 0.955. The molecule has 0 amide bonds. The molecule has 0 radical (unpaired) electrons. The number of aliphatic hydroxyl groups is 1. The van der Waals surface area contributed by atoms with Crippen LogP contribution in [0.25, 0.3) is 0 Å². The van der Waals surface area contributed by atoms with Crippen LogP contribution in [0.15, 0.2) is 16.7 Å². The van der Waals surface area contributed by atoms with Crippen molar-refractivity contribution in [2.24, 2.45) is 0 Å². The lowest BCUT2D eigenvalue weighted by Gasteiger charge is -2.00. The SMILES string of the molecule is CC#CCC(O)c1coc(C)c1. The van der Waals surface area contributed by atoms with Crippen LogP contribution in [0.2, 0.25) is 0 Å². The highest BCUT2D eigenvalue weighted by atomic mass is 16.3. The molecule has 2 heteroatoms. The van der Waals surface area contributed by atoms with E-state index in [4.69, 9.17) is 4.42 Å². The Balaban J connectivity index is 2.62. The summed E-state index contributed by atoms with van der Waals surface area (Å²) in [7, 11) is 0. The molecule has 0 spiro atoms. The van der Waals surface area contributed by atoms with Gasteiger partial charge in [0.05, 0.1) is 12.4 Å². The third kappa shape index (κ3) is 2.14. The van der Waals surface area contributed by atoms with Crippen molar-refractivity contribution in [1.82, 2.24) is 0 Å². The fraction of sp³-hybridized carbons (Fsp3) is 0.400. The van der Waals surface area contributed by atoms with Crippen LogP contribution in [0, 0.1) is 18.8 Å². The van der Waals surface area contributed by atoms with Gasteiger partial charge < -0.3 is 9.52 Å². The van der Waals surface area contributed by atoms with E-state index in [9.17, 15) is 5.11 Å². The zero-order valence-corrected chi connectivity index (χ0v) is 7.29. The van der Waals surface area contributed by atoms with Gasteiger partial charge in [0.15, 0.2) is 0 Å². The zero-order chi connectivity index (χ0) is 8.97. The standard InChI is InChI=1S/C10H12O2/c1-3-4-5-10(11)9-6-8(2)12-7-9/h6-7,10-11H,5H2,1-2H3. The second-order valence-corrected chi connectivity index (χ2v) is 2.64. The van der Waals surface area contributed by atoms with Crippen LogP contribution in [0.4, 0.5) is 0 Å². The van der Waals surface area contributed by atoms with Crippen LogP contribution in [0.5, 0.6) is 0 Å². The number of hydrogen-bond acceptors (Lipinski definition) is 2. The van der Waals surface area contributed by atoms with Crippen LogP contribution in [-0.2, 0) is 0 Å². The molecule has 12 heavy (non-hydrogen) atoms. The van der Waals surface area contributed by atoms with E-state index in [-0.39, 0.29) is 0 Å². The molecule has 0 aromatic carbocycles. The van der Waals surface area contributed by atoms with Gasteiger partial charge in [-0.25, -0.2) is 0 Å². The number of furan rings is 1. The average Bonchev–Trinajstić information content (AvgIpc) is 2.47. The first-order valence-corrected chi connectivity index (χ1v) is 3.86. The summed E-state index contributed by atoms with van der Waals surface area (Å²) in [6.07, 6.45) is 1.52. The molecule has 0 aliphatic heterocycles. The normalized spacial score (nSPS) is 11.9. The molecule has 0 fully saturated rings. The van der Waals surface area contributed by atoms with Crippen molar-refractivity contribution >= 4 is 0 Å². The summed E-state index contributed by atoms with van der Waals surface area (Å²) in [6.45, 7) is 3.61. The van der Waals surface area contributed by atoms with Gasteiger partial charge in [-0.15, -0.1) is 11.8 Å². The van der Waals surface area contributed by atoms with Crippen molar-refractivity contribution in [1.29, 1.82) is 0 Å². The minimum Gasteiger partial charge on any atom is -0.469 e. The summed E-state index contributed by atoms with van der Waals surface area (Å²) >= 11 is 0. The van der Waals surface area contributed by atoms with Gasteiger partial charge in [-0.1, -0.05) is 0 Å².